The minimum atomic E-state index is -3.68. The number of nitrogens with zero attached hydrogens (tertiary/aromatic N) is 4. The number of hydrogen-bond acceptors (Lipinski definition) is 6. The van der Waals surface area contributed by atoms with Crippen LogP contribution in [0.5, 0.6) is 0 Å². The summed E-state index contributed by atoms with van der Waals surface area (Å²) in [5.74, 6) is 1.11. The lowest BCUT2D eigenvalue weighted by molar-refractivity contribution is 0.579. The summed E-state index contributed by atoms with van der Waals surface area (Å²) in [6, 6.07) is 9.47. The quantitative estimate of drug-likeness (QED) is 0.884. The molecule has 1 N–H and O–H groups in total. The molecular weight excluding hydrogens is 314 g/mol. The number of rotatable bonds is 5. The van der Waals surface area contributed by atoms with E-state index < -0.39 is 10.0 Å². The van der Waals surface area contributed by atoms with Crippen molar-refractivity contribution in [3.05, 3.63) is 47.4 Å². The second-order valence-electron chi connectivity index (χ2n) is 5.14. The summed E-state index contributed by atoms with van der Waals surface area (Å²) in [5.41, 5.74) is 1.16. The molecule has 0 atom stereocenters. The first kappa shape index (κ1) is 16.9. The Morgan fingerprint density at radius 3 is 2.43 bits per heavy atom. The van der Waals surface area contributed by atoms with Crippen LogP contribution in [-0.4, -0.2) is 32.5 Å². The van der Waals surface area contributed by atoms with Gasteiger partial charge in [-0.3, -0.25) is 0 Å². The number of anilines is 1. The zero-order valence-corrected chi connectivity index (χ0v) is 13.9. The minimum Gasteiger partial charge on any atom is -0.363 e. The van der Waals surface area contributed by atoms with Gasteiger partial charge in [-0.05, 0) is 31.2 Å². The number of nitriles is 1. The Kier molecular flexibility index (Phi) is 4.93. The summed E-state index contributed by atoms with van der Waals surface area (Å²) in [6.45, 7) is 1.82. The summed E-state index contributed by atoms with van der Waals surface area (Å²) >= 11 is 0. The van der Waals surface area contributed by atoms with E-state index in [4.69, 9.17) is 5.26 Å². The Labute approximate surface area is 135 Å². The molecule has 0 bridgehead atoms. The molecule has 7 nitrogen and oxygen atoms in total. The molecule has 1 aromatic carbocycles. The average molecular weight is 331 g/mol. The van der Waals surface area contributed by atoms with Crippen LogP contribution in [0.25, 0.3) is 0 Å². The summed E-state index contributed by atoms with van der Waals surface area (Å²) in [6.07, 6.45) is 0. The predicted molar refractivity (Wildman–Crippen MR) is 86.3 cm³/mol. The van der Waals surface area contributed by atoms with Crippen LogP contribution in [0.15, 0.2) is 35.2 Å². The first-order valence-electron chi connectivity index (χ1n) is 6.83. The Bertz CT molecular complexity index is 839. The molecule has 120 valence electrons. The molecule has 2 aromatic rings. The molecule has 23 heavy (non-hydrogen) atoms. The first-order chi connectivity index (χ1) is 10.8. The number of hydrogen-bond donors (Lipinski definition) is 1. The van der Waals surface area contributed by atoms with Crippen molar-refractivity contribution >= 4 is 15.8 Å². The highest BCUT2D eigenvalue weighted by Gasteiger charge is 2.15. The second-order valence-corrected chi connectivity index (χ2v) is 6.91. The minimum absolute atomic E-state index is 0.00907. The van der Waals surface area contributed by atoms with E-state index in [1.807, 2.05) is 38.1 Å². The van der Waals surface area contributed by atoms with Gasteiger partial charge in [-0.1, -0.05) is 0 Å². The van der Waals surface area contributed by atoms with E-state index >= 15 is 0 Å². The highest BCUT2D eigenvalue weighted by Crippen LogP contribution is 2.12. The SMILES string of the molecule is Cc1cc(N(C)C)nc(CNS(=O)(=O)c2ccc(C#N)cc2)n1. The van der Waals surface area contributed by atoms with Gasteiger partial charge in [-0.2, -0.15) is 5.26 Å². The molecule has 0 aliphatic carbocycles. The second kappa shape index (κ2) is 6.73. The maximum absolute atomic E-state index is 12.2. The van der Waals surface area contributed by atoms with Gasteiger partial charge in [-0.25, -0.2) is 23.1 Å². The molecule has 2 rings (SSSR count). The van der Waals surface area contributed by atoms with E-state index in [-0.39, 0.29) is 11.4 Å². The number of nitrogens with one attached hydrogen (secondary N) is 1. The van der Waals surface area contributed by atoms with Crippen molar-refractivity contribution in [1.29, 1.82) is 5.26 Å². The Morgan fingerprint density at radius 2 is 1.87 bits per heavy atom. The highest BCUT2D eigenvalue weighted by atomic mass is 32.2. The molecule has 0 saturated heterocycles. The fourth-order valence-electron chi connectivity index (χ4n) is 1.87. The van der Waals surface area contributed by atoms with Gasteiger partial charge < -0.3 is 4.90 Å². The van der Waals surface area contributed by atoms with Crippen LogP contribution in [-0.2, 0) is 16.6 Å². The van der Waals surface area contributed by atoms with Gasteiger partial charge in [0.25, 0.3) is 0 Å². The van der Waals surface area contributed by atoms with Gasteiger partial charge in [0.15, 0.2) is 0 Å². The first-order valence-corrected chi connectivity index (χ1v) is 8.32. The van der Waals surface area contributed by atoms with E-state index in [0.717, 1.165) is 5.69 Å². The van der Waals surface area contributed by atoms with E-state index in [0.29, 0.717) is 17.2 Å². The smallest absolute Gasteiger partial charge is 0.240 e. The maximum atomic E-state index is 12.2. The third-order valence-electron chi connectivity index (χ3n) is 3.06. The van der Waals surface area contributed by atoms with Crippen LogP contribution < -0.4 is 9.62 Å². The van der Waals surface area contributed by atoms with Gasteiger partial charge in [0.05, 0.1) is 23.1 Å². The van der Waals surface area contributed by atoms with Crippen LogP contribution in [0, 0.1) is 18.3 Å². The van der Waals surface area contributed by atoms with Gasteiger partial charge in [0.1, 0.15) is 11.6 Å². The van der Waals surface area contributed by atoms with E-state index in [1.165, 1.54) is 24.3 Å². The number of benzene rings is 1. The zero-order chi connectivity index (χ0) is 17.0. The molecule has 1 aromatic heterocycles. The van der Waals surface area contributed by atoms with Crippen molar-refractivity contribution in [3.63, 3.8) is 0 Å². The normalized spacial score (nSPS) is 11.0. The molecule has 0 unspecified atom stereocenters. The van der Waals surface area contributed by atoms with Gasteiger partial charge in [0, 0.05) is 25.9 Å². The third-order valence-corrected chi connectivity index (χ3v) is 4.48. The molecule has 0 radical (unpaired) electrons. The Morgan fingerprint density at radius 1 is 1.22 bits per heavy atom. The van der Waals surface area contributed by atoms with Crippen molar-refractivity contribution < 1.29 is 8.42 Å². The fourth-order valence-corrected chi connectivity index (χ4v) is 2.85. The van der Waals surface area contributed by atoms with Crippen molar-refractivity contribution in [2.75, 3.05) is 19.0 Å². The number of sulfonamides is 1. The molecule has 0 aliphatic rings. The number of aromatic nitrogens is 2. The van der Waals surface area contributed by atoms with E-state index in [2.05, 4.69) is 14.7 Å². The maximum Gasteiger partial charge on any atom is 0.240 e. The van der Waals surface area contributed by atoms with Gasteiger partial charge in [-0.15, -0.1) is 0 Å². The zero-order valence-electron chi connectivity index (χ0n) is 13.1. The number of aryl methyl sites for hydroxylation is 1. The van der Waals surface area contributed by atoms with Crippen molar-refractivity contribution in [1.82, 2.24) is 14.7 Å². The van der Waals surface area contributed by atoms with Crippen LogP contribution in [0.4, 0.5) is 5.82 Å². The van der Waals surface area contributed by atoms with Crippen molar-refractivity contribution in [2.24, 2.45) is 0 Å². The van der Waals surface area contributed by atoms with Gasteiger partial charge in [0.2, 0.25) is 10.0 Å². The Balaban J connectivity index is 2.17. The lowest BCUT2D eigenvalue weighted by atomic mass is 10.2. The summed E-state index contributed by atoms with van der Waals surface area (Å²) < 4.78 is 27.0. The highest BCUT2D eigenvalue weighted by molar-refractivity contribution is 7.89. The van der Waals surface area contributed by atoms with Gasteiger partial charge >= 0.3 is 0 Å². The summed E-state index contributed by atoms with van der Waals surface area (Å²) in [5, 5.41) is 8.74. The van der Waals surface area contributed by atoms with Crippen LogP contribution in [0.2, 0.25) is 0 Å². The average Bonchev–Trinajstić information content (AvgIpc) is 2.52. The molecular formula is C15H17N5O2S. The van der Waals surface area contributed by atoms with Crippen molar-refractivity contribution in [3.8, 4) is 6.07 Å². The Hall–Kier alpha value is -2.50. The molecule has 0 fully saturated rings. The predicted octanol–water partition coefficient (Wildman–Crippen LogP) is 1.20. The molecule has 0 spiro atoms. The summed E-state index contributed by atoms with van der Waals surface area (Å²) in [7, 11) is 0.0249. The largest absolute Gasteiger partial charge is 0.363 e. The van der Waals surface area contributed by atoms with Crippen LogP contribution >= 0.6 is 0 Å². The monoisotopic (exact) mass is 331 g/mol. The van der Waals surface area contributed by atoms with E-state index in [1.54, 1.807) is 0 Å². The fraction of sp³-hybridized carbons (Fsp3) is 0.267. The molecule has 0 amide bonds. The van der Waals surface area contributed by atoms with E-state index in [9.17, 15) is 8.42 Å². The molecule has 0 saturated carbocycles. The lowest BCUT2D eigenvalue weighted by Gasteiger charge is -2.13. The topological polar surface area (TPSA) is 99.0 Å². The molecule has 8 heteroatoms. The van der Waals surface area contributed by atoms with Crippen LogP contribution in [0.3, 0.4) is 0 Å². The standard InChI is InChI=1S/C15H17N5O2S/c1-11-8-15(20(2)3)19-14(18-11)10-17-23(21,22)13-6-4-12(9-16)5-7-13/h4-8,17H,10H2,1-3H3. The third kappa shape index (κ3) is 4.25. The van der Waals surface area contributed by atoms with Crippen LogP contribution in [0.1, 0.15) is 17.1 Å². The molecule has 0 aliphatic heterocycles. The summed E-state index contributed by atoms with van der Waals surface area (Å²) in [4.78, 5) is 10.5. The molecule has 1 heterocycles. The lowest BCUT2D eigenvalue weighted by Crippen LogP contribution is -2.25. The van der Waals surface area contributed by atoms with Crippen molar-refractivity contribution in [2.45, 2.75) is 18.4 Å².